The maximum Gasteiger partial charge on any atom is 0.312 e. The molecule has 3 aliphatic rings. The van der Waals surface area contributed by atoms with Crippen LogP contribution in [0.4, 0.5) is 0 Å². The zero-order valence-corrected chi connectivity index (χ0v) is 24.9. The summed E-state index contributed by atoms with van der Waals surface area (Å²) in [6.45, 7) is 9.96. The smallest absolute Gasteiger partial charge is 0.312 e. The molecule has 0 saturated carbocycles. The van der Waals surface area contributed by atoms with E-state index in [1.165, 1.54) is 4.90 Å². The highest BCUT2D eigenvalue weighted by Gasteiger charge is 2.79. The predicted octanol–water partition coefficient (Wildman–Crippen LogP) is 4.60. The number of fused-ring (bicyclic) bond motifs is 1. The van der Waals surface area contributed by atoms with Gasteiger partial charge in [-0.2, -0.15) is 0 Å². The molecule has 6 atom stereocenters. The second-order valence-corrected chi connectivity index (χ2v) is 11.8. The van der Waals surface area contributed by atoms with Gasteiger partial charge in [-0.25, -0.2) is 0 Å². The fourth-order valence-electron chi connectivity index (χ4n) is 7.51. The molecule has 3 fully saturated rings. The summed E-state index contributed by atoms with van der Waals surface area (Å²) in [7, 11) is 0. The van der Waals surface area contributed by atoms with Crippen molar-refractivity contribution in [1.82, 2.24) is 9.80 Å². The van der Waals surface area contributed by atoms with Crippen molar-refractivity contribution in [3.63, 3.8) is 0 Å². The molecule has 43 heavy (non-hydrogen) atoms. The monoisotopic (exact) mass is 586 g/mol. The third-order valence-corrected chi connectivity index (χ3v) is 9.47. The largest absolute Gasteiger partial charge is 0.465 e. The van der Waals surface area contributed by atoms with Crippen molar-refractivity contribution in [1.29, 1.82) is 0 Å². The highest BCUT2D eigenvalue weighted by Crippen LogP contribution is 2.65. The van der Waals surface area contributed by atoms with Crippen LogP contribution in [0.1, 0.15) is 56.2 Å². The number of amides is 2. The first kappa shape index (κ1) is 30.7. The van der Waals surface area contributed by atoms with Crippen LogP contribution in [0, 0.1) is 11.8 Å². The number of benzene rings is 2. The molecule has 2 unspecified atom stereocenters. The minimum Gasteiger partial charge on any atom is -0.465 e. The number of unbranched alkanes of at least 4 members (excludes halogenated alkanes) is 1. The van der Waals surface area contributed by atoms with Crippen molar-refractivity contribution in [3.8, 4) is 0 Å². The number of rotatable bonds is 14. The molecule has 2 aromatic rings. The molecular formula is C35H42N2O6. The zero-order chi connectivity index (χ0) is 30.6. The first-order valence-corrected chi connectivity index (χ1v) is 15.3. The van der Waals surface area contributed by atoms with Crippen LogP contribution < -0.4 is 0 Å². The average molecular weight is 587 g/mol. The van der Waals surface area contributed by atoms with Crippen LogP contribution in [-0.2, 0) is 30.4 Å². The summed E-state index contributed by atoms with van der Waals surface area (Å²) in [6.07, 6.45) is 6.28. The average Bonchev–Trinajstić information content (AvgIpc) is 3.64. The molecule has 2 amide bonds. The summed E-state index contributed by atoms with van der Waals surface area (Å²) >= 11 is 0. The van der Waals surface area contributed by atoms with Gasteiger partial charge in [-0.05, 0) is 43.2 Å². The van der Waals surface area contributed by atoms with Gasteiger partial charge in [-0.3, -0.25) is 14.4 Å². The topological polar surface area (TPSA) is 96.4 Å². The fraction of sp³-hybridized carbons (Fsp3) is 0.457. The van der Waals surface area contributed by atoms with Crippen LogP contribution in [0.5, 0.6) is 0 Å². The lowest BCUT2D eigenvalue weighted by Crippen LogP contribution is -2.57. The summed E-state index contributed by atoms with van der Waals surface area (Å²) in [5.74, 6) is -2.86. The van der Waals surface area contributed by atoms with Gasteiger partial charge in [0, 0.05) is 13.1 Å². The van der Waals surface area contributed by atoms with E-state index < -0.39 is 47.7 Å². The van der Waals surface area contributed by atoms with Crippen LogP contribution in [0.15, 0.2) is 86.0 Å². The van der Waals surface area contributed by atoms with Crippen LogP contribution in [0.2, 0.25) is 0 Å². The molecule has 3 aliphatic heterocycles. The van der Waals surface area contributed by atoms with Crippen molar-refractivity contribution >= 4 is 17.8 Å². The normalized spacial score (nSPS) is 27.9. The van der Waals surface area contributed by atoms with Crippen molar-refractivity contribution in [2.75, 3.05) is 19.8 Å². The van der Waals surface area contributed by atoms with Gasteiger partial charge >= 0.3 is 5.97 Å². The summed E-state index contributed by atoms with van der Waals surface area (Å²) in [6, 6.07) is 17.0. The van der Waals surface area contributed by atoms with Crippen molar-refractivity contribution in [3.05, 3.63) is 97.1 Å². The van der Waals surface area contributed by atoms with Crippen LogP contribution in [0.3, 0.4) is 0 Å². The second kappa shape index (κ2) is 12.9. The molecule has 228 valence electrons. The van der Waals surface area contributed by atoms with Gasteiger partial charge in [0.25, 0.3) is 0 Å². The van der Waals surface area contributed by atoms with Crippen LogP contribution in [-0.4, -0.2) is 69.7 Å². The standard InChI is InChI=1S/C35H42N2O6/c1-4-7-14-22-42-33(41)29-28-31(39)37(27(24-38)26-17-12-9-13-18-26)30(35(28)20-19-34(29,6-3)43-35)32(40)36(21-5-2)23-25-15-10-8-11-16-25/h4-5,8-13,15-18,27-30,38H,1-2,6-7,14,19-24H2,3H3/t27-,28+,29+,30?,34-,35?/m1/s1. The third-order valence-electron chi connectivity index (χ3n) is 9.47. The summed E-state index contributed by atoms with van der Waals surface area (Å²) in [5, 5.41) is 10.7. The molecule has 1 spiro atoms. The number of carbonyl (C=O) groups excluding carboxylic acids is 3. The third kappa shape index (κ3) is 5.31. The molecule has 0 aliphatic carbocycles. The Kier molecular flexibility index (Phi) is 9.18. The molecule has 8 nitrogen and oxygen atoms in total. The van der Waals surface area contributed by atoms with Gasteiger partial charge in [0.1, 0.15) is 17.6 Å². The molecule has 5 rings (SSSR count). The Morgan fingerprint density at radius 3 is 2.44 bits per heavy atom. The molecule has 2 bridgehead atoms. The number of aliphatic hydroxyl groups is 1. The minimum atomic E-state index is -1.23. The van der Waals surface area contributed by atoms with Gasteiger partial charge in [-0.15, -0.1) is 13.2 Å². The van der Waals surface area contributed by atoms with E-state index >= 15 is 0 Å². The van der Waals surface area contributed by atoms with E-state index in [0.717, 1.165) is 5.56 Å². The SMILES string of the molecule is C=CCCCOC(=O)[C@@H]1[C@H]2C(=O)N([C@H](CO)c3ccccc3)C(C(=O)N(CC=C)Cc3ccccc3)C23CC[C@@]1(CC)O3. The van der Waals surface area contributed by atoms with E-state index in [9.17, 15) is 19.5 Å². The lowest BCUT2D eigenvalue weighted by atomic mass is 9.65. The van der Waals surface area contributed by atoms with Gasteiger partial charge in [0.2, 0.25) is 11.8 Å². The van der Waals surface area contributed by atoms with E-state index in [0.29, 0.717) is 44.2 Å². The number of hydrogen-bond acceptors (Lipinski definition) is 6. The van der Waals surface area contributed by atoms with Crippen LogP contribution >= 0.6 is 0 Å². The zero-order valence-electron chi connectivity index (χ0n) is 24.9. The first-order chi connectivity index (χ1) is 20.9. The van der Waals surface area contributed by atoms with E-state index in [1.807, 2.05) is 67.6 Å². The number of allylic oxidation sites excluding steroid dienone is 1. The minimum absolute atomic E-state index is 0.217. The van der Waals surface area contributed by atoms with Crippen molar-refractivity contribution in [2.24, 2.45) is 11.8 Å². The van der Waals surface area contributed by atoms with Crippen molar-refractivity contribution < 1.29 is 29.0 Å². The quantitative estimate of drug-likeness (QED) is 0.198. The van der Waals surface area contributed by atoms with Crippen molar-refractivity contribution in [2.45, 2.75) is 68.9 Å². The van der Waals surface area contributed by atoms with Gasteiger partial charge < -0.3 is 24.4 Å². The Morgan fingerprint density at radius 2 is 1.81 bits per heavy atom. The molecule has 0 radical (unpaired) electrons. The highest BCUT2D eigenvalue weighted by atomic mass is 16.6. The second-order valence-electron chi connectivity index (χ2n) is 11.8. The molecule has 3 saturated heterocycles. The van der Waals surface area contributed by atoms with E-state index in [4.69, 9.17) is 9.47 Å². The summed E-state index contributed by atoms with van der Waals surface area (Å²) in [5.41, 5.74) is -0.487. The lowest BCUT2D eigenvalue weighted by molar-refractivity contribution is -0.164. The van der Waals surface area contributed by atoms with Gasteiger partial charge in [0.05, 0.1) is 30.8 Å². The maximum atomic E-state index is 14.8. The molecular weight excluding hydrogens is 544 g/mol. The van der Waals surface area contributed by atoms with Crippen LogP contribution in [0.25, 0.3) is 0 Å². The number of aliphatic hydroxyl groups excluding tert-OH is 1. The Morgan fingerprint density at radius 1 is 1.12 bits per heavy atom. The first-order valence-electron chi connectivity index (χ1n) is 15.3. The number of likely N-dealkylation sites (tertiary alicyclic amines) is 1. The van der Waals surface area contributed by atoms with E-state index in [1.54, 1.807) is 17.1 Å². The fourth-order valence-corrected chi connectivity index (χ4v) is 7.51. The summed E-state index contributed by atoms with van der Waals surface area (Å²) < 4.78 is 12.6. The number of carbonyl (C=O) groups is 3. The lowest BCUT2D eigenvalue weighted by Gasteiger charge is -2.39. The molecule has 2 aromatic carbocycles. The Balaban J connectivity index is 1.59. The Labute approximate surface area is 254 Å². The van der Waals surface area contributed by atoms with E-state index in [2.05, 4.69) is 13.2 Å². The molecule has 8 heteroatoms. The number of nitrogens with zero attached hydrogens (tertiary/aromatic N) is 2. The van der Waals surface area contributed by atoms with Gasteiger partial charge in [-0.1, -0.05) is 79.7 Å². The predicted molar refractivity (Wildman–Crippen MR) is 162 cm³/mol. The Hall–Kier alpha value is -3.75. The number of esters is 1. The highest BCUT2D eigenvalue weighted by molar-refractivity contribution is 5.99. The summed E-state index contributed by atoms with van der Waals surface area (Å²) in [4.78, 5) is 46.4. The Bertz CT molecular complexity index is 1330. The van der Waals surface area contributed by atoms with E-state index in [-0.39, 0.29) is 25.0 Å². The maximum absolute atomic E-state index is 14.8. The van der Waals surface area contributed by atoms with Gasteiger partial charge in [0.15, 0.2) is 0 Å². The molecule has 0 aromatic heterocycles. The molecule has 1 N–H and O–H groups in total. The number of ether oxygens (including phenoxy) is 2. The molecule has 3 heterocycles. The number of hydrogen-bond donors (Lipinski definition) is 1.